The predicted molar refractivity (Wildman–Crippen MR) is 53.4 cm³/mol. The van der Waals surface area contributed by atoms with E-state index in [4.69, 9.17) is 9.07 Å². The molecule has 5 heteroatoms. The second-order valence-corrected chi connectivity index (χ2v) is 4.21. The van der Waals surface area contributed by atoms with Crippen molar-refractivity contribution >= 4 is 13.1 Å². The second kappa shape index (κ2) is 3.75. The Bertz CT molecular complexity index is 277. The topological polar surface area (TPSA) is 55.5 Å². The second-order valence-electron chi connectivity index (χ2n) is 4.21. The lowest BCUT2D eigenvalue weighted by Gasteiger charge is -2.37. The van der Waals surface area contributed by atoms with Gasteiger partial charge in [0.15, 0.2) is 6.39 Å². The molecule has 1 aromatic heterocycles. The molecule has 1 heterocycles. The van der Waals surface area contributed by atoms with Gasteiger partial charge in [0.2, 0.25) is 0 Å². The number of oxazole rings is 1. The summed E-state index contributed by atoms with van der Waals surface area (Å²) in [7, 11) is 1.45. The number of hydrogen-bond acceptors (Lipinski definition) is 4. The summed E-state index contributed by atoms with van der Waals surface area (Å²) in [6.45, 7) is 7.00. The summed E-state index contributed by atoms with van der Waals surface area (Å²) in [6.07, 6.45) is 2.87. The third kappa shape index (κ3) is 2.59. The quantitative estimate of drug-likeness (QED) is 0.711. The molecule has 0 spiro atoms. The highest BCUT2D eigenvalue weighted by atomic mass is 16.5. The predicted octanol–water partition coefficient (Wildman–Crippen LogP) is 0.485. The van der Waals surface area contributed by atoms with Crippen LogP contribution in [0.25, 0.3) is 0 Å². The van der Waals surface area contributed by atoms with Gasteiger partial charge >= 0.3 is 7.48 Å². The minimum Gasteiger partial charge on any atom is -0.456 e. The summed E-state index contributed by atoms with van der Waals surface area (Å²) in [5, 5.41) is 9.78. The van der Waals surface area contributed by atoms with Crippen LogP contribution < -0.4 is 5.66 Å². The molecular weight excluding hydrogens is 181 g/mol. The largest absolute Gasteiger partial charge is 0.456 e. The van der Waals surface area contributed by atoms with Crippen LogP contribution in [-0.4, -0.2) is 28.8 Å². The van der Waals surface area contributed by atoms with E-state index in [0.29, 0.717) is 5.66 Å². The molecular formula is C9H15BNO3. The minimum absolute atomic E-state index is 0.530. The Labute approximate surface area is 84.6 Å². The average molecular weight is 196 g/mol. The lowest BCUT2D eigenvalue weighted by atomic mass is 9.86. The molecule has 0 saturated carbocycles. The molecule has 0 fully saturated rings. The normalized spacial score (nSPS) is 12.9. The van der Waals surface area contributed by atoms with Crippen LogP contribution in [0.5, 0.6) is 0 Å². The summed E-state index contributed by atoms with van der Waals surface area (Å²) in [5.74, 6) is 0. The van der Waals surface area contributed by atoms with Crippen LogP contribution in [0, 0.1) is 0 Å². The van der Waals surface area contributed by atoms with Crippen LogP contribution in [0.3, 0.4) is 0 Å². The van der Waals surface area contributed by atoms with Crippen LogP contribution in [0.1, 0.15) is 27.7 Å². The van der Waals surface area contributed by atoms with E-state index >= 15 is 0 Å². The van der Waals surface area contributed by atoms with Gasteiger partial charge < -0.3 is 14.2 Å². The molecule has 0 aliphatic heterocycles. The molecule has 77 valence electrons. The van der Waals surface area contributed by atoms with Crippen molar-refractivity contribution in [3.63, 3.8) is 0 Å². The van der Waals surface area contributed by atoms with Crippen LogP contribution >= 0.6 is 0 Å². The lowest BCUT2D eigenvalue weighted by molar-refractivity contribution is -0.0895. The first-order valence-corrected chi connectivity index (χ1v) is 4.45. The average Bonchev–Trinajstić information content (AvgIpc) is 2.50. The molecule has 4 nitrogen and oxygen atoms in total. The van der Waals surface area contributed by atoms with Crippen molar-refractivity contribution in [3.8, 4) is 0 Å². The summed E-state index contributed by atoms with van der Waals surface area (Å²) in [4.78, 5) is 3.74. The molecule has 0 saturated heterocycles. The van der Waals surface area contributed by atoms with Crippen molar-refractivity contribution in [2.45, 2.75) is 38.9 Å². The molecule has 1 radical (unpaired) electrons. The van der Waals surface area contributed by atoms with Crippen molar-refractivity contribution in [2.24, 2.45) is 0 Å². The monoisotopic (exact) mass is 196 g/mol. The number of aromatic nitrogens is 1. The maximum absolute atomic E-state index is 9.78. The van der Waals surface area contributed by atoms with Gasteiger partial charge in [-0.25, -0.2) is 4.98 Å². The van der Waals surface area contributed by atoms with Crippen molar-refractivity contribution in [3.05, 3.63) is 12.6 Å². The molecule has 0 bridgehead atoms. The third-order valence-electron chi connectivity index (χ3n) is 2.39. The van der Waals surface area contributed by atoms with Crippen LogP contribution in [0.4, 0.5) is 0 Å². The van der Waals surface area contributed by atoms with Gasteiger partial charge in [0, 0.05) is 0 Å². The van der Waals surface area contributed by atoms with E-state index in [1.165, 1.54) is 13.9 Å². The van der Waals surface area contributed by atoms with Gasteiger partial charge in [0.1, 0.15) is 5.66 Å². The summed E-state index contributed by atoms with van der Waals surface area (Å²) in [5.41, 5.74) is -1.08. The van der Waals surface area contributed by atoms with Gasteiger partial charge in [-0.15, -0.1) is 0 Å². The zero-order valence-electron chi connectivity index (χ0n) is 8.94. The van der Waals surface area contributed by atoms with Crippen LogP contribution in [0.2, 0.25) is 0 Å². The molecule has 0 aromatic carbocycles. The lowest BCUT2D eigenvalue weighted by Crippen LogP contribution is -2.49. The zero-order chi connectivity index (χ0) is 10.8. The van der Waals surface area contributed by atoms with Gasteiger partial charge in [-0.2, -0.15) is 0 Å². The molecule has 1 N–H and O–H groups in total. The molecule has 0 aliphatic carbocycles. The highest BCUT2D eigenvalue weighted by Gasteiger charge is 2.36. The highest BCUT2D eigenvalue weighted by Crippen LogP contribution is 2.24. The fourth-order valence-electron chi connectivity index (χ4n) is 0.633. The van der Waals surface area contributed by atoms with Crippen LogP contribution in [-0.2, 0) is 4.65 Å². The first-order chi connectivity index (χ1) is 6.33. The van der Waals surface area contributed by atoms with E-state index in [9.17, 15) is 5.11 Å². The fourth-order valence-corrected chi connectivity index (χ4v) is 0.633. The van der Waals surface area contributed by atoms with E-state index in [1.54, 1.807) is 33.9 Å². The molecule has 0 amide bonds. The van der Waals surface area contributed by atoms with E-state index < -0.39 is 11.2 Å². The molecule has 1 rings (SSSR count). The maximum Gasteiger partial charge on any atom is 0.378 e. The smallest absolute Gasteiger partial charge is 0.378 e. The van der Waals surface area contributed by atoms with Crippen molar-refractivity contribution in [2.75, 3.05) is 0 Å². The Kier molecular flexibility index (Phi) is 3.02. The Morgan fingerprint density at radius 3 is 2.50 bits per heavy atom. The number of nitrogens with zero attached hydrogens (tertiary/aromatic N) is 1. The first-order valence-electron chi connectivity index (χ1n) is 4.45. The van der Waals surface area contributed by atoms with Gasteiger partial charge in [-0.1, -0.05) is 0 Å². The number of rotatable bonds is 4. The molecule has 14 heavy (non-hydrogen) atoms. The Morgan fingerprint density at radius 1 is 1.43 bits per heavy atom. The molecule has 0 aliphatic rings. The molecule has 0 atom stereocenters. The summed E-state index contributed by atoms with van der Waals surface area (Å²) >= 11 is 0. The Hall–Kier alpha value is -0.805. The van der Waals surface area contributed by atoms with E-state index in [1.807, 2.05) is 0 Å². The van der Waals surface area contributed by atoms with Crippen molar-refractivity contribution in [1.29, 1.82) is 0 Å². The van der Waals surface area contributed by atoms with E-state index in [0.717, 1.165) is 0 Å². The molecule has 0 unspecified atom stereocenters. The van der Waals surface area contributed by atoms with Gasteiger partial charge in [0.05, 0.1) is 17.4 Å². The van der Waals surface area contributed by atoms with E-state index in [2.05, 4.69) is 4.98 Å². The Balaban J connectivity index is 2.53. The maximum atomic E-state index is 9.78. The number of aliphatic hydroxyl groups is 1. The van der Waals surface area contributed by atoms with Gasteiger partial charge in [-0.3, -0.25) is 0 Å². The summed E-state index contributed by atoms with van der Waals surface area (Å²) < 4.78 is 10.4. The van der Waals surface area contributed by atoms with Crippen molar-refractivity contribution in [1.82, 2.24) is 4.98 Å². The first kappa shape index (κ1) is 11.3. The Morgan fingerprint density at radius 2 is 2.07 bits per heavy atom. The summed E-state index contributed by atoms with van der Waals surface area (Å²) in [6, 6.07) is 0. The molecule has 1 aromatic rings. The SMILES string of the molecule is CC(C)(O)C(C)(C)O[B]c1cnco1. The van der Waals surface area contributed by atoms with Crippen molar-refractivity contribution < 1.29 is 14.2 Å². The fraction of sp³-hybridized carbons (Fsp3) is 0.667. The highest BCUT2D eigenvalue weighted by molar-refractivity contribution is 6.44. The third-order valence-corrected chi connectivity index (χ3v) is 2.39. The van der Waals surface area contributed by atoms with Crippen LogP contribution in [0.15, 0.2) is 17.0 Å². The zero-order valence-corrected chi connectivity index (χ0v) is 8.94. The standard InChI is InChI=1S/C9H15BNO3/c1-8(2,12)9(3,4)14-10-7-5-11-6-13-7/h5-6,12H,1-4H3. The number of hydrogen-bond donors (Lipinski definition) is 1. The van der Waals surface area contributed by atoms with E-state index in [-0.39, 0.29) is 0 Å². The minimum atomic E-state index is -0.927. The van der Waals surface area contributed by atoms with Gasteiger partial charge in [0.25, 0.3) is 0 Å². The van der Waals surface area contributed by atoms with Gasteiger partial charge in [-0.05, 0) is 27.7 Å².